The maximum atomic E-state index is 12.9. The highest BCUT2D eigenvalue weighted by atomic mass is 35.5. The minimum atomic E-state index is -0.265. The van der Waals surface area contributed by atoms with Gasteiger partial charge < -0.3 is 4.90 Å². The number of piperidine rings is 1. The average Bonchev–Trinajstić information content (AvgIpc) is 3.27. The first kappa shape index (κ1) is 19.5. The summed E-state index contributed by atoms with van der Waals surface area (Å²) in [5.74, 6) is 0.455. The van der Waals surface area contributed by atoms with E-state index >= 15 is 0 Å². The van der Waals surface area contributed by atoms with E-state index in [1.807, 2.05) is 0 Å². The summed E-state index contributed by atoms with van der Waals surface area (Å²) in [5, 5.41) is 0. The maximum absolute atomic E-state index is 12.9. The van der Waals surface area contributed by atoms with E-state index in [1.165, 1.54) is 29.7 Å². The van der Waals surface area contributed by atoms with Crippen molar-refractivity contribution in [2.45, 2.75) is 50.6 Å². The van der Waals surface area contributed by atoms with Gasteiger partial charge in [-0.3, -0.25) is 9.69 Å². The Bertz CT molecular complexity index is 858. The predicted molar refractivity (Wildman–Crippen MR) is 117 cm³/mol. The fraction of sp³-hybridized carbons (Fsp3) is 0.458. The number of Topliss-reactive ketones (excluding diaryl/α,β-unsaturated/α-hetero) is 1. The zero-order valence-electron chi connectivity index (χ0n) is 16.6. The Hall–Kier alpha value is -1.84. The molecule has 2 heterocycles. The summed E-state index contributed by atoms with van der Waals surface area (Å²) in [6.07, 6.45) is 4.97. The molecule has 3 nitrogen and oxygen atoms in total. The van der Waals surface area contributed by atoms with Gasteiger partial charge >= 0.3 is 0 Å². The number of anilines is 1. The van der Waals surface area contributed by atoms with Crippen LogP contribution in [0.15, 0.2) is 48.5 Å². The maximum Gasteiger partial charge on any atom is 0.160 e. The number of halogens is 1. The Balaban J connectivity index is 0.00000192. The summed E-state index contributed by atoms with van der Waals surface area (Å²) in [6.45, 7) is 5.18. The number of likely N-dealkylation sites (tertiary alicyclic amines) is 1. The van der Waals surface area contributed by atoms with E-state index in [-0.39, 0.29) is 17.9 Å². The van der Waals surface area contributed by atoms with Crippen molar-refractivity contribution in [3.8, 4) is 0 Å². The molecule has 1 aliphatic carbocycles. The van der Waals surface area contributed by atoms with Gasteiger partial charge in [-0.2, -0.15) is 0 Å². The Labute approximate surface area is 174 Å². The lowest BCUT2D eigenvalue weighted by molar-refractivity contribution is -0.123. The third-order valence-electron chi connectivity index (χ3n) is 7.21. The van der Waals surface area contributed by atoms with Crippen LogP contribution in [0.3, 0.4) is 0 Å². The van der Waals surface area contributed by atoms with Gasteiger partial charge in [0.1, 0.15) is 5.54 Å². The number of aryl methyl sites for hydroxylation is 1. The van der Waals surface area contributed by atoms with Crippen LogP contribution < -0.4 is 4.90 Å². The largest absolute Gasteiger partial charge is 0.358 e. The summed E-state index contributed by atoms with van der Waals surface area (Å²) in [7, 11) is 0. The molecule has 0 N–H and O–H groups in total. The normalized spacial score (nSPS) is 23.7. The van der Waals surface area contributed by atoms with Crippen molar-refractivity contribution in [3.63, 3.8) is 0 Å². The fourth-order valence-corrected chi connectivity index (χ4v) is 5.67. The third kappa shape index (κ3) is 3.05. The van der Waals surface area contributed by atoms with Gasteiger partial charge in [-0.1, -0.05) is 36.4 Å². The molecule has 28 heavy (non-hydrogen) atoms. The van der Waals surface area contributed by atoms with Crippen LogP contribution >= 0.6 is 12.4 Å². The number of benzene rings is 2. The van der Waals surface area contributed by atoms with Crippen molar-refractivity contribution < 1.29 is 4.79 Å². The second-order valence-electron chi connectivity index (χ2n) is 8.50. The molecule has 1 unspecified atom stereocenters. The minimum Gasteiger partial charge on any atom is -0.358 e. The fourth-order valence-electron chi connectivity index (χ4n) is 5.67. The van der Waals surface area contributed by atoms with Crippen molar-refractivity contribution in [2.24, 2.45) is 0 Å². The van der Waals surface area contributed by atoms with Crippen LogP contribution in [0.2, 0.25) is 0 Å². The molecule has 0 bridgehead atoms. The molecule has 0 amide bonds. The van der Waals surface area contributed by atoms with Crippen LogP contribution in [-0.4, -0.2) is 41.9 Å². The molecule has 2 saturated heterocycles. The molecule has 5 rings (SSSR count). The summed E-state index contributed by atoms with van der Waals surface area (Å²) in [6, 6.07) is 17.9. The summed E-state index contributed by atoms with van der Waals surface area (Å²) >= 11 is 0. The lowest BCUT2D eigenvalue weighted by Gasteiger charge is -2.46. The molecule has 3 aliphatic rings. The highest BCUT2D eigenvalue weighted by Gasteiger charge is 2.50. The first-order valence-electron chi connectivity index (χ1n) is 10.3. The molecule has 2 aromatic carbocycles. The average molecular weight is 397 g/mol. The van der Waals surface area contributed by atoms with Crippen LogP contribution in [0, 0.1) is 6.92 Å². The van der Waals surface area contributed by atoms with E-state index in [2.05, 4.69) is 65.3 Å². The number of hydrogen-bond donors (Lipinski definition) is 0. The molecule has 2 fully saturated rings. The van der Waals surface area contributed by atoms with E-state index in [0.29, 0.717) is 18.2 Å². The summed E-state index contributed by atoms with van der Waals surface area (Å²) < 4.78 is 0. The number of hydrogen-bond acceptors (Lipinski definition) is 3. The molecule has 4 heteroatoms. The number of rotatable bonds is 2. The van der Waals surface area contributed by atoms with Crippen molar-refractivity contribution in [2.75, 3.05) is 24.5 Å². The minimum absolute atomic E-state index is 0. The smallest absolute Gasteiger partial charge is 0.160 e. The Morgan fingerprint density at radius 1 is 0.929 bits per heavy atom. The SMILES string of the molecule is Cc1cccc2c1CC(N1CCC3(CC1)C(=O)CCN3c1ccccc1)C2.Cl. The van der Waals surface area contributed by atoms with E-state index < -0.39 is 0 Å². The van der Waals surface area contributed by atoms with Gasteiger partial charge in [0, 0.05) is 37.8 Å². The predicted octanol–water partition coefficient (Wildman–Crippen LogP) is 4.20. The van der Waals surface area contributed by atoms with Gasteiger partial charge in [0.25, 0.3) is 0 Å². The van der Waals surface area contributed by atoms with Crippen LogP contribution in [0.5, 0.6) is 0 Å². The van der Waals surface area contributed by atoms with E-state index in [4.69, 9.17) is 0 Å². The first-order valence-corrected chi connectivity index (χ1v) is 10.3. The van der Waals surface area contributed by atoms with Crippen molar-refractivity contribution >= 4 is 23.9 Å². The molecular weight excluding hydrogens is 368 g/mol. The molecule has 2 aromatic rings. The van der Waals surface area contributed by atoms with Crippen molar-refractivity contribution in [3.05, 3.63) is 65.2 Å². The lowest BCUT2D eigenvalue weighted by Crippen LogP contribution is -2.57. The second-order valence-corrected chi connectivity index (χ2v) is 8.50. The summed E-state index contributed by atoms with van der Waals surface area (Å²) in [4.78, 5) is 18.0. The third-order valence-corrected chi connectivity index (χ3v) is 7.21. The number of ketones is 1. The molecule has 2 aliphatic heterocycles. The molecule has 148 valence electrons. The van der Waals surface area contributed by atoms with Crippen LogP contribution in [0.25, 0.3) is 0 Å². The zero-order chi connectivity index (χ0) is 18.4. The van der Waals surface area contributed by atoms with Gasteiger partial charge in [0.05, 0.1) is 0 Å². The lowest BCUT2D eigenvalue weighted by atomic mass is 9.83. The first-order chi connectivity index (χ1) is 13.2. The molecular formula is C24H29ClN2O. The molecule has 0 saturated carbocycles. The Kier molecular flexibility index (Phi) is 5.24. The van der Waals surface area contributed by atoms with Crippen molar-refractivity contribution in [1.82, 2.24) is 4.90 Å². The van der Waals surface area contributed by atoms with Gasteiger partial charge in [0.2, 0.25) is 0 Å². The number of carbonyl (C=O) groups is 1. The Morgan fingerprint density at radius 3 is 2.39 bits per heavy atom. The Morgan fingerprint density at radius 2 is 1.68 bits per heavy atom. The number of carbonyl (C=O) groups excluding carboxylic acids is 1. The van der Waals surface area contributed by atoms with Crippen LogP contribution in [-0.2, 0) is 17.6 Å². The number of para-hydroxylation sites is 1. The van der Waals surface area contributed by atoms with Crippen LogP contribution in [0.4, 0.5) is 5.69 Å². The topological polar surface area (TPSA) is 23.6 Å². The molecule has 0 radical (unpaired) electrons. The van der Waals surface area contributed by atoms with Gasteiger partial charge in [-0.05, 0) is 61.4 Å². The highest BCUT2D eigenvalue weighted by molar-refractivity contribution is 5.95. The zero-order valence-corrected chi connectivity index (χ0v) is 17.4. The quantitative estimate of drug-likeness (QED) is 0.760. The van der Waals surface area contributed by atoms with Crippen molar-refractivity contribution in [1.29, 1.82) is 0 Å². The summed E-state index contributed by atoms with van der Waals surface area (Å²) in [5.41, 5.74) is 5.47. The van der Waals surface area contributed by atoms with Gasteiger partial charge in [-0.25, -0.2) is 0 Å². The molecule has 1 spiro atoms. The molecule has 0 aromatic heterocycles. The van der Waals surface area contributed by atoms with Gasteiger partial charge in [0.15, 0.2) is 5.78 Å². The highest BCUT2D eigenvalue weighted by Crippen LogP contribution is 2.40. The standard InChI is InChI=1S/C24H28N2O.ClH/c1-18-6-5-7-19-16-21(17-22(18)19)25-14-11-24(12-15-25)23(27)10-13-26(24)20-8-3-2-4-9-20;/h2-9,21H,10-17H2,1H3;1H. The molecule has 1 atom stereocenters. The van der Waals surface area contributed by atoms with E-state index in [9.17, 15) is 4.79 Å². The van der Waals surface area contributed by atoms with Crippen LogP contribution in [0.1, 0.15) is 36.0 Å². The van der Waals surface area contributed by atoms with Gasteiger partial charge in [-0.15, -0.1) is 12.4 Å². The number of nitrogens with zero attached hydrogens (tertiary/aromatic N) is 2. The second kappa shape index (κ2) is 7.53. The monoisotopic (exact) mass is 396 g/mol. The van der Waals surface area contributed by atoms with E-state index in [1.54, 1.807) is 5.56 Å². The van der Waals surface area contributed by atoms with E-state index in [0.717, 1.165) is 32.5 Å². The number of fused-ring (bicyclic) bond motifs is 1.